The topological polar surface area (TPSA) is 45.5 Å². The Morgan fingerprint density at radius 2 is 2.05 bits per heavy atom. The zero-order valence-corrected chi connectivity index (χ0v) is 12.3. The van der Waals surface area contributed by atoms with Crippen molar-refractivity contribution in [2.45, 2.75) is 39.2 Å². The van der Waals surface area contributed by atoms with Crippen LogP contribution >= 0.6 is 0 Å². The van der Waals surface area contributed by atoms with Crippen molar-refractivity contribution >= 4 is 11.6 Å². The molecule has 1 aliphatic rings. The van der Waals surface area contributed by atoms with Crippen molar-refractivity contribution in [1.29, 1.82) is 0 Å². The van der Waals surface area contributed by atoms with E-state index in [1.165, 1.54) is 32.4 Å². The van der Waals surface area contributed by atoms with Crippen LogP contribution in [-0.4, -0.2) is 45.2 Å². The maximum Gasteiger partial charge on any atom is 0.243 e. The molecule has 2 aromatic heterocycles. The van der Waals surface area contributed by atoms with Crippen LogP contribution in [0.25, 0.3) is 5.65 Å². The Morgan fingerprint density at radius 1 is 1.25 bits per heavy atom. The number of nitrogens with one attached hydrogen (secondary N) is 1. The van der Waals surface area contributed by atoms with Gasteiger partial charge in [0.1, 0.15) is 0 Å². The third-order valence-corrected chi connectivity index (χ3v) is 3.91. The highest BCUT2D eigenvalue weighted by atomic mass is 15.4. The lowest BCUT2D eigenvalue weighted by molar-refractivity contribution is 0.223. The van der Waals surface area contributed by atoms with Gasteiger partial charge in [-0.05, 0) is 51.9 Å². The lowest BCUT2D eigenvalue weighted by Gasteiger charge is -2.29. The van der Waals surface area contributed by atoms with Crippen LogP contribution in [0.2, 0.25) is 0 Å². The van der Waals surface area contributed by atoms with E-state index in [4.69, 9.17) is 0 Å². The van der Waals surface area contributed by atoms with Crippen LogP contribution in [0.5, 0.6) is 0 Å². The van der Waals surface area contributed by atoms with Gasteiger partial charge in [0, 0.05) is 18.3 Å². The number of pyridine rings is 1. The fraction of sp³-hybridized carbons (Fsp3) is 0.600. The Labute approximate surface area is 120 Å². The molecule has 20 heavy (non-hydrogen) atoms. The molecule has 108 valence electrons. The van der Waals surface area contributed by atoms with E-state index >= 15 is 0 Å². The van der Waals surface area contributed by atoms with E-state index in [-0.39, 0.29) is 0 Å². The average Bonchev–Trinajstić information content (AvgIpc) is 2.83. The summed E-state index contributed by atoms with van der Waals surface area (Å²) in [5.74, 6) is 0.726. The van der Waals surface area contributed by atoms with Crippen LogP contribution in [0.3, 0.4) is 0 Å². The van der Waals surface area contributed by atoms with E-state index in [0.29, 0.717) is 6.04 Å². The number of anilines is 1. The van der Waals surface area contributed by atoms with Crippen molar-refractivity contribution in [3.8, 4) is 0 Å². The number of rotatable bonds is 4. The molecule has 3 rings (SSSR count). The van der Waals surface area contributed by atoms with Gasteiger partial charge in [-0.15, -0.1) is 5.10 Å². The first-order chi connectivity index (χ1) is 9.72. The smallest absolute Gasteiger partial charge is 0.243 e. The summed E-state index contributed by atoms with van der Waals surface area (Å²) in [7, 11) is 0. The molecule has 3 heterocycles. The third-order valence-electron chi connectivity index (χ3n) is 3.91. The fourth-order valence-electron chi connectivity index (χ4n) is 2.89. The minimum atomic E-state index is 0.366. The quantitative estimate of drug-likeness (QED) is 0.928. The molecule has 1 aliphatic heterocycles. The predicted octanol–water partition coefficient (Wildman–Crippen LogP) is 2.32. The number of fused-ring (bicyclic) bond motifs is 1. The highest BCUT2D eigenvalue weighted by Gasteiger charge is 2.14. The second kappa shape index (κ2) is 5.79. The van der Waals surface area contributed by atoms with Gasteiger partial charge in [0.15, 0.2) is 5.65 Å². The Morgan fingerprint density at radius 3 is 2.80 bits per heavy atom. The molecule has 1 unspecified atom stereocenters. The molecule has 5 heteroatoms. The lowest BCUT2D eigenvalue weighted by atomic mass is 10.1. The highest BCUT2D eigenvalue weighted by molar-refractivity contribution is 5.44. The van der Waals surface area contributed by atoms with E-state index in [1.807, 2.05) is 29.6 Å². The van der Waals surface area contributed by atoms with Crippen molar-refractivity contribution in [1.82, 2.24) is 19.5 Å². The molecule has 1 fully saturated rings. The first-order valence-corrected chi connectivity index (χ1v) is 7.54. The molecule has 1 atom stereocenters. The molecule has 0 amide bonds. The summed E-state index contributed by atoms with van der Waals surface area (Å²) in [6.07, 6.45) is 4.04. The van der Waals surface area contributed by atoms with E-state index in [9.17, 15) is 0 Å². The molecule has 1 N–H and O–H groups in total. The van der Waals surface area contributed by atoms with Gasteiger partial charge >= 0.3 is 0 Å². The van der Waals surface area contributed by atoms with Gasteiger partial charge in [-0.3, -0.25) is 0 Å². The van der Waals surface area contributed by atoms with Crippen LogP contribution < -0.4 is 5.32 Å². The summed E-state index contributed by atoms with van der Waals surface area (Å²) in [6.45, 7) is 7.76. The van der Waals surface area contributed by atoms with Crippen LogP contribution in [0.15, 0.2) is 18.2 Å². The van der Waals surface area contributed by atoms with Crippen molar-refractivity contribution in [2.24, 2.45) is 0 Å². The minimum absolute atomic E-state index is 0.366. The zero-order chi connectivity index (χ0) is 13.9. The Bertz CT molecular complexity index is 571. The monoisotopic (exact) mass is 273 g/mol. The molecular weight excluding hydrogens is 250 g/mol. The minimum Gasteiger partial charge on any atom is -0.349 e. The number of aryl methyl sites for hydroxylation is 1. The van der Waals surface area contributed by atoms with Gasteiger partial charge in [-0.2, -0.15) is 4.98 Å². The molecule has 0 saturated carbocycles. The Hall–Kier alpha value is -1.62. The predicted molar refractivity (Wildman–Crippen MR) is 81.1 cm³/mol. The summed E-state index contributed by atoms with van der Waals surface area (Å²) < 4.78 is 1.88. The van der Waals surface area contributed by atoms with E-state index in [1.54, 1.807) is 0 Å². The number of likely N-dealkylation sites (tertiary alicyclic amines) is 1. The van der Waals surface area contributed by atoms with Crippen LogP contribution in [0.4, 0.5) is 5.95 Å². The molecule has 0 bridgehead atoms. The first kappa shape index (κ1) is 13.4. The van der Waals surface area contributed by atoms with E-state index in [2.05, 4.69) is 27.2 Å². The second-order valence-electron chi connectivity index (χ2n) is 5.78. The second-order valence-corrected chi connectivity index (χ2v) is 5.78. The summed E-state index contributed by atoms with van der Waals surface area (Å²) in [4.78, 5) is 7.06. The van der Waals surface area contributed by atoms with Crippen LogP contribution in [-0.2, 0) is 0 Å². The van der Waals surface area contributed by atoms with Crippen LogP contribution in [0, 0.1) is 6.92 Å². The van der Waals surface area contributed by atoms with Gasteiger partial charge in [0.2, 0.25) is 5.95 Å². The van der Waals surface area contributed by atoms with E-state index in [0.717, 1.165) is 23.8 Å². The van der Waals surface area contributed by atoms with E-state index < -0.39 is 0 Å². The molecule has 1 saturated heterocycles. The number of hydrogen-bond donors (Lipinski definition) is 1. The first-order valence-electron chi connectivity index (χ1n) is 7.54. The molecule has 0 aliphatic carbocycles. The molecule has 5 nitrogen and oxygen atoms in total. The number of piperidine rings is 1. The zero-order valence-electron chi connectivity index (χ0n) is 12.3. The normalized spacial score (nSPS) is 18.3. The average molecular weight is 273 g/mol. The van der Waals surface area contributed by atoms with Gasteiger partial charge in [0.25, 0.3) is 0 Å². The summed E-state index contributed by atoms with van der Waals surface area (Å²) >= 11 is 0. The lowest BCUT2D eigenvalue weighted by Crippen LogP contribution is -2.38. The number of hydrogen-bond acceptors (Lipinski definition) is 4. The van der Waals surface area contributed by atoms with Crippen LogP contribution in [0.1, 0.15) is 31.9 Å². The maximum atomic E-state index is 4.53. The largest absolute Gasteiger partial charge is 0.349 e. The highest BCUT2D eigenvalue weighted by Crippen LogP contribution is 2.12. The summed E-state index contributed by atoms with van der Waals surface area (Å²) in [6, 6.07) is 6.41. The summed E-state index contributed by atoms with van der Waals surface area (Å²) in [5, 5.41) is 7.94. The van der Waals surface area contributed by atoms with Crippen molar-refractivity contribution < 1.29 is 0 Å². The Kier molecular flexibility index (Phi) is 3.87. The van der Waals surface area contributed by atoms with Crippen molar-refractivity contribution in [3.05, 3.63) is 23.9 Å². The Balaban J connectivity index is 1.64. The van der Waals surface area contributed by atoms with Gasteiger partial charge < -0.3 is 10.2 Å². The SMILES string of the molecule is Cc1cccc2nc(NC(C)CN3CCCCC3)nn12. The standard InChI is InChI=1S/C15H23N5/c1-12(11-19-9-4-3-5-10-19)16-15-17-14-8-6-7-13(2)20(14)18-15/h6-8,12H,3-5,9-11H2,1-2H3,(H,16,18). The molecule has 2 aromatic rings. The summed E-state index contributed by atoms with van der Waals surface area (Å²) in [5.41, 5.74) is 2.00. The van der Waals surface area contributed by atoms with Crippen molar-refractivity contribution in [3.63, 3.8) is 0 Å². The molecule has 0 aromatic carbocycles. The maximum absolute atomic E-state index is 4.53. The van der Waals surface area contributed by atoms with Crippen molar-refractivity contribution in [2.75, 3.05) is 25.0 Å². The number of aromatic nitrogens is 3. The van der Waals surface area contributed by atoms with Gasteiger partial charge in [-0.25, -0.2) is 4.52 Å². The fourth-order valence-corrected chi connectivity index (χ4v) is 2.89. The molecule has 0 radical (unpaired) electrons. The molecular formula is C15H23N5. The van der Waals surface area contributed by atoms with Gasteiger partial charge in [-0.1, -0.05) is 12.5 Å². The third kappa shape index (κ3) is 2.93. The van der Waals surface area contributed by atoms with Gasteiger partial charge in [0.05, 0.1) is 0 Å². The molecule has 0 spiro atoms. The number of nitrogens with zero attached hydrogens (tertiary/aromatic N) is 4.